The molecule has 2 N–H and O–H groups in total. The zero-order chi connectivity index (χ0) is 12.7. The third-order valence-electron chi connectivity index (χ3n) is 2.75. The molecular formula is C12H20N4O. The quantitative estimate of drug-likeness (QED) is 0.345. The molecule has 1 unspecified atom stereocenters. The first-order chi connectivity index (χ1) is 8.19. The first kappa shape index (κ1) is 13.4. The summed E-state index contributed by atoms with van der Waals surface area (Å²) in [6.07, 6.45) is 6.75. The van der Waals surface area contributed by atoms with E-state index in [-0.39, 0.29) is 6.10 Å². The Morgan fingerprint density at radius 2 is 2.47 bits per heavy atom. The van der Waals surface area contributed by atoms with Crippen LogP contribution in [0.2, 0.25) is 0 Å². The summed E-state index contributed by atoms with van der Waals surface area (Å²) >= 11 is 0. The van der Waals surface area contributed by atoms with Crippen LogP contribution in [0.15, 0.2) is 16.8 Å². The van der Waals surface area contributed by atoms with Crippen LogP contribution < -0.4 is 5.73 Å². The Hall–Kier alpha value is -1.70. The van der Waals surface area contributed by atoms with Gasteiger partial charge in [-0.25, -0.2) is 0 Å². The predicted octanol–water partition coefficient (Wildman–Crippen LogP) is 1.23. The van der Waals surface area contributed by atoms with E-state index in [2.05, 4.69) is 11.2 Å². The molecule has 17 heavy (non-hydrogen) atoms. The van der Waals surface area contributed by atoms with Gasteiger partial charge < -0.3 is 15.4 Å². The van der Waals surface area contributed by atoms with Crippen molar-refractivity contribution in [3.8, 4) is 6.19 Å². The molecule has 1 aliphatic rings. The lowest BCUT2D eigenvalue weighted by molar-refractivity contribution is 0.0568. The summed E-state index contributed by atoms with van der Waals surface area (Å²) in [5.41, 5.74) is 5.64. The van der Waals surface area contributed by atoms with Crippen LogP contribution in [-0.2, 0) is 4.74 Å². The van der Waals surface area contributed by atoms with Crippen LogP contribution in [0.3, 0.4) is 0 Å². The van der Waals surface area contributed by atoms with Gasteiger partial charge in [-0.05, 0) is 12.8 Å². The number of rotatable bonds is 4. The predicted molar refractivity (Wildman–Crippen MR) is 67.2 cm³/mol. The zero-order valence-corrected chi connectivity index (χ0v) is 10.5. The third-order valence-corrected chi connectivity index (χ3v) is 2.75. The van der Waals surface area contributed by atoms with E-state index in [0.717, 1.165) is 31.6 Å². The number of likely N-dealkylation sites (tertiary alicyclic amines) is 1. The minimum Gasteiger partial charge on any atom is -0.493 e. The summed E-state index contributed by atoms with van der Waals surface area (Å²) in [6, 6.07) is 0. The van der Waals surface area contributed by atoms with Crippen molar-refractivity contribution in [2.75, 3.05) is 20.1 Å². The Labute approximate surface area is 103 Å². The van der Waals surface area contributed by atoms with Gasteiger partial charge in [0.2, 0.25) is 0 Å². The number of nitriles is 1. The summed E-state index contributed by atoms with van der Waals surface area (Å²) in [6.45, 7) is 3.51. The molecule has 0 aliphatic carbocycles. The normalized spacial score (nSPS) is 22.2. The van der Waals surface area contributed by atoms with E-state index in [4.69, 9.17) is 15.7 Å². The van der Waals surface area contributed by atoms with E-state index < -0.39 is 0 Å². The van der Waals surface area contributed by atoms with Crippen molar-refractivity contribution in [3.05, 3.63) is 11.8 Å². The molecule has 0 aromatic rings. The molecule has 1 fully saturated rings. The smallest absolute Gasteiger partial charge is 0.179 e. The molecule has 1 atom stereocenters. The van der Waals surface area contributed by atoms with Crippen molar-refractivity contribution in [2.45, 2.75) is 32.3 Å². The molecule has 0 aromatic carbocycles. The van der Waals surface area contributed by atoms with E-state index in [1.54, 1.807) is 18.0 Å². The molecule has 0 saturated carbocycles. The Kier molecular flexibility index (Phi) is 5.34. The maximum Gasteiger partial charge on any atom is 0.179 e. The number of allylic oxidation sites excluding steroid dienone is 1. The number of hydrogen-bond donors (Lipinski definition) is 1. The van der Waals surface area contributed by atoms with Crippen molar-refractivity contribution in [1.29, 1.82) is 5.26 Å². The summed E-state index contributed by atoms with van der Waals surface area (Å²) in [7, 11) is 1.65. The molecule has 0 aromatic heterocycles. The fraction of sp³-hybridized carbons (Fsp3) is 0.667. The summed E-state index contributed by atoms with van der Waals surface area (Å²) in [4.78, 5) is 5.61. The van der Waals surface area contributed by atoms with Crippen LogP contribution in [-0.4, -0.2) is 37.0 Å². The number of nitrogens with zero attached hydrogens (tertiary/aromatic N) is 3. The lowest BCUT2D eigenvalue weighted by atomic mass is 10.1. The summed E-state index contributed by atoms with van der Waals surface area (Å²) < 4.78 is 5.85. The Morgan fingerprint density at radius 1 is 1.71 bits per heavy atom. The topological polar surface area (TPSA) is 74.6 Å². The van der Waals surface area contributed by atoms with Crippen molar-refractivity contribution in [2.24, 2.45) is 10.7 Å². The van der Waals surface area contributed by atoms with Crippen LogP contribution in [0.4, 0.5) is 0 Å². The van der Waals surface area contributed by atoms with Gasteiger partial charge in [0.05, 0.1) is 12.3 Å². The molecule has 5 heteroatoms. The lowest BCUT2D eigenvalue weighted by Crippen LogP contribution is -2.36. The van der Waals surface area contributed by atoms with Crippen LogP contribution >= 0.6 is 0 Å². The van der Waals surface area contributed by atoms with E-state index >= 15 is 0 Å². The van der Waals surface area contributed by atoms with Gasteiger partial charge in [-0.1, -0.05) is 6.92 Å². The van der Waals surface area contributed by atoms with Crippen LogP contribution in [0, 0.1) is 11.5 Å². The molecule has 94 valence electrons. The number of amidine groups is 1. The number of piperidine rings is 1. The molecule has 1 rings (SSSR count). The first-order valence-corrected chi connectivity index (χ1v) is 5.93. The molecule has 1 saturated heterocycles. The van der Waals surface area contributed by atoms with Gasteiger partial charge >= 0.3 is 0 Å². The van der Waals surface area contributed by atoms with Crippen molar-refractivity contribution in [1.82, 2.24) is 4.90 Å². The van der Waals surface area contributed by atoms with Crippen molar-refractivity contribution < 1.29 is 4.74 Å². The second-order valence-electron chi connectivity index (χ2n) is 4.04. The standard InChI is InChI=1S/C12H20N4O/c1-3-10(7-12(14)15-2)17-11-5-4-6-16(8-11)9-13/h7,11H,3-6,8H2,1-2H3,(H2,14,15)/b10-7+. The Bertz CT molecular complexity index is 343. The van der Waals surface area contributed by atoms with E-state index in [0.29, 0.717) is 12.4 Å². The zero-order valence-electron chi connectivity index (χ0n) is 10.5. The fourth-order valence-corrected chi connectivity index (χ4v) is 1.79. The minimum absolute atomic E-state index is 0.0826. The molecule has 0 spiro atoms. The SMILES string of the molecule is CC/C(=C\C(N)=NC)OC1CCCN(C#N)C1. The molecule has 1 heterocycles. The molecular weight excluding hydrogens is 216 g/mol. The highest BCUT2D eigenvalue weighted by Gasteiger charge is 2.20. The van der Waals surface area contributed by atoms with Crippen LogP contribution in [0.1, 0.15) is 26.2 Å². The molecule has 5 nitrogen and oxygen atoms in total. The summed E-state index contributed by atoms with van der Waals surface area (Å²) in [5, 5.41) is 8.85. The lowest BCUT2D eigenvalue weighted by Gasteiger charge is -2.29. The third kappa shape index (κ3) is 4.35. The highest BCUT2D eigenvalue weighted by molar-refractivity contribution is 5.91. The number of aliphatic imine (C=N–C) groups is 1. The largest absolute Gasteiger partial charge is 0.493 e. The fourth-order valence-electron chi connectivity index (χ4n) is 1.79. The highest BCUT2D eigenvalue weighted by atomic mass is 16.5. The number of nitrogens with two attached hydrogens (primary N) is 1. The molecule has 0 radical (unpaired) electrons. The van der Waals surface area contributed by atoms with Gasteiger partial charge in [0.15, 0.2) is 6.19 Å². The maximum absolute atomic E-state index is 8.85. The second-order valence-corrected chi connectivity index (χ2v) is 4.04. The average Bonchev–Trinajstić information content (AvgIpc) is 2.37. The monoisotopic (exact) mass is 236 g/mol. The molecule has 0 bridgehead atoms. The van der Waals surface area contributed by atoms with Gasteiger partial charge in [-0.3, -0.25) is 4.99 Å². The number of ether oxygens (including phenoxy) is 1. The maximum atomic E-state index is 8.85. The second kappa shape index (κ2) is 6.79. The molecule has 0 amide bonds. The van der Waals surface area contributed by atoms with E-state index in [9.17, 15) is 0 Å². The van der Waals surface area contributed by atoms with Gasteiger partial charge in [-0.2, -0.15) is 5.26 Å². The Balaban J connectivity index is 2.57. The molecule has 1 aliphatic heterocycles. The summed E-state index contributed by atoms with van der Waals surface area (Å²) in [5.74, 6) is 1.30. The van der Waals surface area contributed by atoms with Crippen LogP contribution in [0.5, 0.6) is 0 Å². The van der Waals surface area contributed by atoms with E-state index in [1.165, 1.54) is 0 Å². The minimum atomic E-state index is 0.0826. The van der Waals surface area contributed by atoms with Crippen LogP contribution in [0.25, 0.3) is 0 Å². The van der Waals surface area contributed by atoms with E-state index in [1.807, 2.05) is 6.92 Å². The van der Waals surface area contributed by atoms with Crippen molar-refractivity contribution >= 4 is 5.84 Å². The van der Waals surface area contributed by atoms with Gasteiger partial charge in [0, 0.05) is 26.1 Å². The highest BCUT2D eigenvalue weighted by Crippen LogP contribution is 2.17. The van der Waals surface area contributed by atoms with Gasteiger partial charge in [-0.15, -0.1) is 0 Å². The van der Waals surface area contributed by atoms with Gasteiger partial charge in [0.1, 0.15) is 11.9 Å². The average molecular weight is 236 g/mol. The Morgan fingerprint density at radius 3 is 3.06 bits per heavy atom. The van der Waals surface area contributed by atoms with Gasteiger partial charge in [0.25, 0.3) is 0 Å². The number of hydrogen-bond acceptors (Lipinski definition) is 4. The first-order valence-electron chi connectivity index (χ1n) is 5.93. The van der Waals surface area contributed by atoms with Crippen molar-refractivity contribution in [3.63, 3.8) is 0 Å².